The molecule has 7 rings (SSSR count). The van der Waals surface area contributed by atoms with E-state index in [1.54, 1.807) is 17.2 Å². The van der Waals surface area contributed by atoms with Crippen LogP contribution in [0.15, 0.2) is 85.5 Å². The molecule has 2 aromatic carbocycles. The summed E-state index contributed by atoms with van der Waals surface area (Å²) >= 11 is 0. The van der Waals surface area contributed by atoms with E-state index in [4.69, 9.17) is 20.7 Å². The molecule has 5 aromatic rings. The molecule has 6 N–H and O–H groups in total. The SMILES string of the molecule is NC1CCC(Nc2nc(NCC(c3ccccc3)c3ccccc3)c3ncn([C@@H]4CC(n5cccn5)[C@H](O)[C@H]4O)c3n2)CC1. The fourth-order valence-corrected chi connectivity index (χ4v) is 6.79. The van der Waals surface area contributed by atoms with Gasteiger partial charge in [-0.3, -0.25) is 4.68 Å². The number of nitrogens with two attached hydrogens (primary N) is 1. The molecular formula is C33H39N9O2. The van der Waals surface area contributed by atoms with Crippen molar-refractivity contribution in [2.75, 3.05) is 17.2 Å². The molecule has 4 atom stereocenters. The summed E-state index contributed by atoms with van der Waals surface area (Å²) in [5.41, 5.74) is 9.79. The number of aliphatic hydroxyl groups excluding tert-OH is 2. The largest absolute Gasteiger partial charge is 0.388 e. The van der Waals surface area contributed by atoms with Crippen molar-refractivity contribution < 1.29 is 10.2 Å². The van der Waals surface area contributed by atoms with Crippen molar-refractivity contribution in [3.63, 3.8) is 0 Å². The first-order chi connectivity index (χ1) is 21.5. The molecule has 0 saturated heterocycles. The Labute approximate surface area is 256 Å². The van der Waals surface area contributed by atoms with Gasteiger partial charge in [0.25, 0.3) is 0 Å². The Balaban J connectivity index is 1.23. The van der Waals surface area contributed by atoms with Crippen LogP contribution in [0.2, 0.25) is 0 Å². The number of fused-ring (bicyclic) bond motifs is 1. The normalized spacial score (nSPS) is 25.5. The molecule has 44 heavy (non-hydrogen) atoms. The third kappa shape index (κ3) is 5.66. The van der Waals surface area contributed by atoms with Crippen LogP contribution >= 0.6 is 0 Å². The number of imidazole rings is 1. The van der Waals surface area contributed by atoms with Crippen LogP contribution in [-0.2, 0) is 0 Å². The van der Waals surface area contributed by atoms with Crippen molar-refractivity contribution >= 4 is 22.9 Å². The van der Waals surface area contributed by atoms with Gasteiger partial charge in [-0.2, -0.15) is 15.1 Å². The summed E-state index contributed by atoms with van der Waals surface area (Å²) in [5, 5.41) is 33.6. The van der Waals surface area contributed by atoms with Crippen LogP contribution in [-0.4, -0.2) is 70.3 Å². The molecule has 3 aromatic heterocycles. The molecule has 3 heterocycles. The zero-order chi connectivity index (χ0) is 30.0. The second-order valence-electron chi connectivity index (χ2n) is 12.1. The van der Waals surface area contributed by atoms with Crippen molar-refractivity contribution in [3.05, 3.63) is 96.6 Å². The Morgan fingerprint density at radius 2 is 1.55 bits per heavy atom. The number of aliphatic hydroxyl groups is 2. The van der Waals surface area contributed by atoms with Crippen LogP contribution < -0.4 is 16.4 Å². The number of aromatic nitrogens is 6. The van der Waals surface area contributed by atoms with Gasteiger partial charge in [-0.25, -0.2) is 4.98 Å². The van der Waals surface area contributed by atoms with E-state index < -0.39 is 18.2 Å². The van der Waals surface area contributed by atoms with Gasteiger partial charge in [-0.15, -0.1) is 0 Å². The molecular weight excluding hydrogens is 554 g/mol. The highest BCUT2D eigenvalue weighted by Crippen LogP contribution is 2.40. The molecule has 0 amide bonds. The van der Waals surface area contributed by atoms with E-state index >= 15 is 0 Å². The molecule has 2 aliphatic carbocycles. The van der Waals surface area contributed by atoms with Gasteiger partial charge in [-0.05, 0) is 49.3 Å². The van der Waals surface area contributed by atoms with Crippen LogP contribution in [0.25, 0.3) is 11.2 Å². The highest BCUT2D eigenvalue weighted by atomic mass is 16.3. The van der Waals surface area contributed by atoms with Crippen LogP contribution in [0, 0.1) is 0 Å². The minimum Gasteiger partial charge on any atom is -0.388 e. The number of nitrogens with zero attached hydrogens (tertiary/aromatic N) is 6. The molecule has 11 heteroatoms. The lowest BCUT2D eigenvalue weighted by atomic mass is 9.91. The minimum atomic E-state index is -1.01. The summed E-state index contributed by atoms with van der Waals surface area (Å²) < 4.78 is 3.59. The summed E-state index contributed by atoms with van der Waals surface area (Å²) in [7, 11) is 0. The van der Waals surface area contributed by atoms with Crippen molar-refractivity contribution in [2.45, 2.75) is 74.4 Å². The molecule has 2 fully saturated rings. The third-order valence-electron chi connectivity index (χ3n) is 9.25. The van der Waals surface area contributed by atoms with Gasteiger partial charge in [0.1, 0.15) is 12.2 Å². The number of rotatable bonds is 9. The first kappa shape index (κ1) is 28.5. The summed E-state index contributed by atoms with van der Waals surface area (Å²) in [6, 6.07) is 22.4. The third-order valence-corrected chi connectivity index (χ3v) is 9.25. The van der Waals surface area contributed by atoms with Gasteiger partial charge < -0.3 is 31.1 Å². The average Bonchev–Trinajstić information content (AvgIpc) is 3.80. The van der Waals surface area contributed by atoms with E-state index in [0.717, 1.165) is 25.7 Å². The molecule has 0 spiro atoms. The van der Waals surface area contributed by atoms with Gasteiger partial charge in [0.2, 0.25) is 5.95 Å². The average molecular weight is 594 g/mol. The first-order valence-corrected chi connectivity index (χ1v) is 15.5. The van der Waals surface area contributed by atoms with Crippen molar-refractivity contribution in [1.29, 1.82) is 0 Å². The van der Waals surface area contributed by atoms with Crippen LogP contribution in [0.3, 0.4) is 0 Å². The highest BCUT2D eigenvalue weighted by molar-refractivity contribution is 5.84. The molecule has 1 unspecified atom stereocenters. The van der Waals surface area contributed by atoms with Gasteiger partial charge in [0.05, 0.1) is 18.4 Å². The maximum atomic E-state index is 11.2. The quantitative estimate of drug-likeness (QED) is 0.172. The predicted octanol–water partition coefficient (Wildman–Crippen LogP) is 3.86. The first-order valence-electron chi connectivity index (χ1n) is 15.5. The topological polar surface area (TPSA) is 152 Å². The standard InChI is InChI=1S/C33H39N9O2/c34-23-12-14-24(15-13-23)38-33-39-31(35-19-25(21-8-3-1-4-9-21)22-10-5-2-6-11-22)28-32(40-33)41(20-36-28)26-18-27(30(44)29(26)43)42-17-7-16-37-42/h1-11,16-17,20,23-27,29-30,43-44H,12-15,18-19,34H2,(H2,35,38,39,40)/t23?,24?,26-,27?,29+,30+/m1/s1. The Morgan fingerprint density at radius 3 is 2.20 bits per heavy atom. The Hall–Kier alpha value is -4.32. The lowest BCUT2D eigenvalue weighted by Crippen LogP contribution is -2.33. The zero-order valence-corrected chi connectivity index (χ0v) is 24.5. The van der Waals surface area contributed by atoms with Crippen molar-refractivity contribution in [2.24, 2.45) is 5.73 Å². The lowest BCUT2D eigenvalue weighted by molar-refractivity contribution is 0.00722. The van der Waals surface area contributed by atoms with E-state index in [-0.39, 0.29) is 24.0 Å². The van der Waals surface area contributed by atoms with E-state index in [1.165, 1.54) is 11.1 Å². The Kier molecular flexibility index (Phi) is 7.99. The maximum Gasteiger partial charge on any atom is 0.227 e. The minimum absolute atomic E-state index is 0.0855. The number of nitrogens with one attached hydrogen (secondary N) is 2. The summed E-state index contributed by atoms with van der Waals surface area (Å²) in [5.74, 6) is 1.22. The Bertz CT molecular complexity index is 1610. The van der Waals surface area contributed by atoms with Crippen molar-refractivity contribution in [1.82, 2.24) is 29.3 Å². The van der Waals surface area contributed by atoms with Gasteiger partial charge in [-0.1, -0.05) is 60.7 Å². The van der Waals surface area contributed by atoms with E-state index in [1.807, 2.05) is 29.0 Å². The van der Waals surface area contributed by atoms with Crippen molar-refractivity contribution in [3.8, 4) is 0 Å². The second-order valence-corrected chi connectivity index (χ2v) is 12.1. The smallest absolute Gasteiger partial charge is 0.227 e. The summed E-state index contributed by atoms with van der Waals surface area (Å²) in [6.45, 7) is 0.594. The molecule has 228 valence electrons. The van der Waals surface area contributed by atoms with E-state index in [0.29, 0.717) is 35.9 Å². The van der Waals surface area contributed by atoms with E-state index in [9.17, 15) is 10.2 Å². The van der Waals surface area contributed by atoms with Crippen LogP contribution in [0.4, 0.5) is 11.8 Å². The molecule has 2 aliphatic rings. The summed E-state index contributed by atoms with van der Waals surface area (Å²) in [4.78, 5) is 14.6. The number of hydrogen-bond acceptors (Lipinski definition) is 9. The molecule has 0 radical (unpaired) electrons. The summed E-state index contributed by atoms with van der Waals surface area (Å²) in [6.07, 6.45) is 7.51. The second kappa shape index (κ2) is 12.4. The fraction of sp³-hybridized carbons (Fsp3) is 0.394. The molecule has 2 saturated carbocycles. The molecule has 0 aliphatic heterocycles. The number of hydrogen-bond donors (Lipinski definition) is 5. The van der Waals surface area contributed by atoms with Gasteiger partial charge in [0.15, 0.2) is 17.0 Å². The zero-order valence-electron chi connectivity index (χ0n) is 24.5. The monoisotopic (exact) mass is 593 g/mol. The van der Waals surface area contributed by atoms with Crippen LogP contribution in [0.1, 0.15) is 61.2 Å². The fourth-order valence-electron chi connectivity index (χ4n) is 6.79. The lowest BCUT2D eigenvalue weighted by Gasteiger charge is -2.27. The predicted molar refractivity (Wildman–Crippen MR) is 169 cm³/mol. The number of anilines is 2. The highest BCUT2D eigenvalue weighted by Gasteiger charge is 2.44. The molecule has 0 bridgehead atoms. The molecule has 11 nitrogen and oxygen atoms in total. The van der Waals surface area contributed by atoms with E-state index in [2.05, 4.69) is 64.3 Å². The Morgan fingerprint density at radius 1 is 0.864 bits per heavy atom. The maximum absolute atomic E-state index is 11.2. The van der Waals surface area contributed by atoms with Gasteiger partial charge >= 0.3 is 0 Å². The number of benzene rings is 2. The van der Waals surface area contributed by atoms with Crippen LogP contribution in [0.5, 0.6) is 0 Å². The van der Waals surface area contributed by atoms with Gasteiger partial charge in [0, 0.05) is 36.9 Å².